The predicted molar refractivity (Wildman–Crippen MR) is 73.8 cm³/mol. The van der Waals surface area contributed by atoms with E-state index in [-0.39, 0.29) is 17.1 Å². The van der Waals surface area contributed by atoms with Gasteiger partial charge < -0.3 is 4.74 Å². The molecule has 2 rings (SSSR count). The van der Waals surface area contributed by atoms with E-state index < -0.39 is 17.9 Å². The number of allylic oxidation sites excluding steroid dienone is 3. The van der Waals surface area contributed by atoms with Crippen LogP contribution in [0.25, 0.3) is 0 Å². The van der Waals surface area contributed by atoms with Crippen molar-refractivity contribution in [1.29, 1.82) is 0 Å². The molecule has 20 heavy (non-hydrogen) atoms. The third-order valence-electron chi connectivity index (χ3n) is 3.71. The maximum Gasteiger partial charge on any atom is 0.416 e. The molecular formula is C15H18ClF3O. The molecule has 1 nitrogen and oxygen atoms in total. The second-order valence-corrected chi connectivity index (χ2v) is 5.91. The van der Waals surface area contributed by atoms with E-state index in [1.54, 1.807) is 6.08 Å². The highest BCUT2D eigenvalue weighted by Gasteiger charge is 2.37. The summed E-state index contributed by atoms with van der Waals surface area (Å²) in [5, 5.41) is -0.265. The third kappa shape index (κ3) is 3.67. The molecule has 0 spiro atoms. The molecule has 0 fully saturated rings. The largest absolute Gasteiger partial charge is 0.416 e. The van der Waals surface area contributed by atoms with Crippen LogP contribution in [0, 0.1) is 0 Å². The Morgan fingerprint density at radius 1 is 1.25 bits per heavy atom. The van der Waals surface area contributed by atoms with Gasteiger partial charge in [-0.3, -0.25) is 0 Å². The zero-order valence-corrected chi connectivity index (χ0v) is 12.3. The van der Waals surface area contributed by atoms with E-state index in [1.807, 2.05) is 13.0 Å². The van der Waals surface area contributed by atoms with Crippen molar-refractivity contribution in [3.63, 3.8) is 0 Å². The number of hydrogen-bond donors (Lipinski definition) is 0. The maximum atomic E-state index is 12.9. The van der Waals surface area contributed by atoms with Crippen molar-refractivity contribution in [2.24, 2.45) is 0 Å². The van der Waals surface area contributed by atoms with Crippen molar-refractivity contribution in [2.45, 2.75) is 56.9 Å². The first-order chi connectivity index (χ1) is 9.27. The Morgan fingerprint density at radius 2 is 1.95 bits per heavy atom. The summed E-state index contributed by atoms with van der Waals surface area (Å²) in [4.78, 5) is 0. The quantitative estimate of drug-likeness (QED) is 0.519. The smallest absolute Gasteiger partial charge is 0.369 e. The molecule has 3 unspecified atom stereocenters. The Bertz CT molecular complexity index is 462. The SMILES string of the molecule is CC1=CC(Cl)C(OC2C=C(C(F)(F)F)C(C)=CC2)CC1. The standard InChI is InChI=1S/C15H18ClF3O/c1-9-3-6-14(13(16)7-9)20-11-5-4-10(2)12(8-11)15(17,18)19/h4,7-8,11,13-14H,3,5-6H2,1-2H3. The minimum Gasteiger partial charge on any atom is -0.369 e. The number of alkyl halides is 4. The van der Waals surface area contributed by atoms with Crippen molar-refractivity contribution >= 4 is 11.6 Å². The Labute approximate surface area is 122 Å². The van der Waals surface area contributed by atoms with Crippen molar-refractivity contribution in [3.8, 4) is 0 Å². The summed E-state index contributed by atoms with van der Waals surface area (Å²) in [6, 6.07) is 0. The highest BCUT2D eigenvalue weighted by atomic mass is 35.5. The molecule has 0 aromatic rings. The van der Waals surface area contributed by atoms with Gasteiger partial charge in [-0.2, -0.15) is 13.2 Å². The molecule has 0 radical (unpaired) electrons. The van der Waals surface area contributed by atoms with E-state index >= 15 is 0 Å². The molecule has 0 saturated heterocycles. The molecule has 0 aromatic heterocycles. The summed E-state index contributed by atoms with van der Waals surface area (Å²) in [7, 11) is 0. The van der Waals surface area contributed by atoms with Crippen LogP contribution in [0.1, 0.15) is 33.1 Å². The monoisotopic (exact) mass is 306 g/mol. The number of hydrogen-bond acceptors (Lipinski definition) is 1. The van der Waals surface area contributed by atoms with Gasteiger partial charge in [-0.05, 0) is 44.8 Å². The number of rotatable bonds is 2. The van der Waals surface area contributed by atoms with Crippen LogP contribution in [0.3, 0.4) is 0 Å². The molecule has 112 valence electrons. The molecule has 0 bridgehead atoms. The summed E-state index contributed by atoms with van der Waals surface area (Å²) in [6.45, 7) is 3.48. The molecule has 0 N–H and O–H groups in total. The van der Waals surface area contributed by atoms with E-state index in [0.717, 1.165) is 12.8 Å². The van der Waals surface area contributed by atoms with Gasteiger partial charge in [-0.1, -0.05) is 17.7 Å². The molecular weight excluding hydrogens is 289 g/mol. The summed E-state index contributed by atoms with van der Waals surface area (Å²) in [6.07, 6.45) is 1.70. The Balaban J connectivity index is 2.07. The van der Waals surface area contributed by atoms with Gasteiger partial charge in [0.05, 0.1) is 23.2 Å². The van der Waals surface area contributed by atoms with Crippen LogP contribution in [0.2, 0.25) is 0 Å². The van der Waals surface area contributed by atoms with E-state index in [2.05, 4.69) is 0 Å². The summed E-state index contributed by atoms with van der Waals surface area (Å²) >= 11 is 6.19. The molecule has 2 aliphatic rings. The Morgan fingerprint density at radius 3 is 2.55 bits per heavy atom. The highest BCUT2D eigenvalue weighted by Crippen LogP contribution is 2.36. The number of halogens is 4. The molecule has 0 aliphatic heterocycles. The van der Waals surface area contributed by atoms with Crippen molar-refractivity contribution < 1.29 is 17.9 Å². The van der Waals surface area contributed by atoms with Gasteiger partial charge in [0.15, 0.2) is 0 Å². The van der Waals surface area contributed by atoms with Gasteiger partial charge in [-0.15, -0.1) is 11.6 Å². The third-order valence-corrected chi connectivity index (χ3v) is 4.12. The predicted octanol–water partition coefficient (Wildman–Crippen LogP) is 4.93. The molecule has 0 amide bonds. The van der Waals surface area contributed by atoms with Crippen molar-refractivity contribution in [1.82, 2.24) is 0 Å². The zero-order valence-electron chi connectivity index (χ0n) is 11.5. The zero-order chi connectivity index (χ0) is 14.9. The minimum absolute atomic E-state index is 0.220. The summed E-state index contributed by atoms with van der Waals surface area (Å²) in [5.74, 6) is 0. The average molecular weight is 307 g/mol. The van der Waals surface area contributed by atoms with E-state index in [0.29, 0.717) is 6.42 Å². The molecule has 3 atom stereocenters. The fraction of sp³-hybridized carbons (Fsp3) is 0.600. The van der Waals surface area contributed by atoms with Crippen LogP contribution >= 0.6 is 11.6 Å². The number of ether oxygens (including phenoxy) is 1. The molecule has 0 saturated carbocycles. The first-order valence-corrected chi connectivity index (χ1v) is 7.14. The lowest BCUT2D eigenvalue weighted by Crippen LogP contribution is -2.32. The van der Waals surface area contributed by atoms with Gasteiger partial charge in [0.2, 0.25) is 0 Å². The molecule has 5 heteroatoms. The lowest BCUT2D eigenvalue weighted by Gasteiger charge is -2.30. The summed E-state index contributed by atoms with van der Waals surface area (Å²) in [5.41, 5.74) is 0.873. The van der Waals surface area contributed by atoms with Gasteiger partial charge in [0, 0.05) is 0 Å². The first-order valence-electron chi connectivity index (χ1n) is 6.70. The molecule has 0 aromatic carbocycles. The summed E-state index contributed by atoms with van der Waals surface area (Å²) < 4.78 is 44.4. The molecule has 2 aliphatic carbocycles. The fourth-order valence-corrected chi connectivity index (χ4v) is 2.96. The lowest BCUT2D eigenvalue weighted by molar-refractivity contribution is -0.0917. The van der Waals surface area contributed by atoms with Crippen molar-refractivity contribution in [2.75, 3.05) is 0 Å². The lowest BCUT2D eigenvalue weighted by atomic mass is 9.95. The average Bonchev–Trinajstić information content (AvgIpc) is 2.33. The van der Waals surface area contributed by atoms with E-state index in [4.69, 9.17) is 16.3 Å². The second-order valence-electron chi connectivity index (χ2n) is 5.41. The van der Waals surface area contributed by atoms with Crippen LogP contribution in [0.4, 0.5) is 13.2 Å². The normalized spacial score (nSPS) is 31.5. The van der Waals surface area contributed by atoms with Crippen LogP contribution in [0.5, 0.6) is 0 Å². The van der Waals surface area contributed by atoms with E-state index in [9.17, 15) is 13.2 Å². The van der Waals surface area contributed by atoms with Crippen molar-refractivity contribution in [3.05, 3.63) is 34.9 Å². The van der Waals surface area contributed by atoms with Crippen LogP contribution in [-0.4, -0.2) is 23.8 Å². The Kier molecular flexibility index (Phi) is 4.65. The minimum atomic E-state index is -4.33. The van der Waals surface area contributed by atoms with Gasteiger partial charge in [0.1, 0.15) is 0 Å². The van der Waals surface area contributed by atoms with E-state index in [1.165, 1.54) is 18.6 Å². The first kappa shape index (κ1) is 15.6. The topological polar surface area (TPSA) is 9.23 Å². The van der Waals surface area contributed by atoms with Gasteiger partial charge >= 0.3 is 6.18 Å². The molecule has 0 heterocycles. The Hall–Kier alpha value is -0.740. The van der Waals surface area contributed by atoms with Crippen LogP contribution in [-0.2, 0) is 4.74 Å². The van der Waals surface area contributed by atoms with Gasteiger partial charge in [0.25, 0.3) is 0 Å². The second kappa shape index (κ2) is 5.94. The highest BCUT2D eigenvalue weighted by molar-refractivity contribution is 6.22. The van der Waals surface area contributed by atoms with Crippen LogP contribution in [0.15, 0.2) is 34.9 Å². The fourth-order valence-electron chi connectivity index (χ4n) is 2.56. The van der Waals surface area contributed by atoms with Gasteiger partial charge in [-0.25, -0.2) is 0 Å². The van der Waals surface area contributed by atoms with Crippen LogP contribution < -0.4 is 0 Å². The maximum absolute atomic E-state index is 12.9.